The van der Waals surface area contributed by atoms with Gasteiger partial charge in [-0.1, -0.05) is 39.5 Å². The number of unbranched alkanes of at least 4 members (excludes halogenated alkanes) is 1. The van der Waals surface area contributed by atoms with Crippen molar-refractivity contribution in [2.75, 3.05) is 0 Å². The predicted octanol–water partition coefficient (Wildman–Crippen LogP) is 6.28. The fraction of sp³-hybridized carbons (Fsp3) is 0.895. The first-order chi connectivity index (χ1) is 10.1. The first-order valence-corrected chi connectivity index (χ1v) is 8.86. The molecule has 2 unspecified atom stereocenters. The minimum Gasteiger partial charge on any atom is -0.314 e. The Kier molecular flexibility index (Phi) is 8.44. The Morgan fingerprint density at radius 1 is 0.905 bits per heavy atom. The zero-order chi connectivity index (χ0) is 15.6. The van der Waals surface area contributed by atoms with Crippen LogP contribution in [0.25, 0.3) is 9.69 Å². The SMILES string of the molecule is [C-]#[N+]C(CCCC)CCCC(CC1(C)CCCCC1)[N+]#[C-]. The molecular formula is C19H32N2. The first-order valence-electron chi connectivity index (χ1n) is 8.86. The van der Waals surface area contributed by atoms with Gasteiger partial charge < -0.3 is 9.69 Å². The molecule has 2 atom stereocenters. The average Bonchev–Trinajstić information content (AvgIpc) is 2.50. The second-order valence-corrected chi connectivity index (χ2v) is 7.21. The topological polar surface area (TPSA) is 8.72 Å². The molecule has 0 bridgehead atoms. The summed E-state index contributed by atoms with van der Waals surface area (Å²) in [5.74, 6) is 0. The summed E-state index contributed by atoms with van der Waals surface area (Å²) in [6, 6.07) is 0.382. The Morgan fingerprint density at radius 2 is 1.48 bits per heavy atom. The summed E-state index contributed by atoms with van der Waals surface area (Å²) in [6.45, 7) is 19.3. The van der Waals surface area contributed by atoms with Crippen LogP contribution in [-0.4, -0.2) is 12.1 Å². The maximum Gasteiger partial charge on any atom is 0.224 e. The van der Waals surface area contributed by atoms with Crippen LogP contribution in [-0.2, 0) is 0 Å². The molecule has 0 N–H and O–H groups in total. The van der Waals surface area contributed by atoms with E-state index < -0.39 is 0 Å². The molecule has 0 aromatic rings. The van der Waals surface area contributed by atoms with Gasteiger partial charge in [-0.05, 0) is 31.1 Å². The zero-order valence-electron chi connectivity index (χ0n) is 14.0. The quantitative estimate of drug-likeness (QED) is 0.441. The van der Waals surface area contributed by atoms with Crippen molar-refractivity contribution in [1.82, 2.24) is 0 Å². The molecule has 0 saturated heterocycles. The van der Waals surface area contributed by atoms with E-state index in [-0.39, 0.29) is 12.1 Å². The highest BCUT2D eigenvalue weighted by atomic mass is 14.7. The van der Waals surface area contributed by atoms with Gasteiger partial charge in [-0.3, -0.25) is 0 Å². The van der Waals surface area contributed by atoms with Crippen molar-refractivity contribution in [1.29, 1.82) is 0 Å². The third kappa shape index (κ3) is 6.99. The normalized spacial score (nSPS) is 20.2. The maximum absolute atomic E-state index is 7.47. The van der Waals surface area contributed by atoms with Crippen molar-refractivity contribution in [2.24, 2.45) is 5.41 Å². The third-order valence-corrected chi connectivity index (χ3v) is 5.12. The van der Waals surface area contributed by atoms with Crippen LogP contribution >= 0.6 is 0 Å². The van der Waals surface area contributed by atoms with Crippen LogP contribution in [0.4, 0.5) is 0 Å². The van der Waals surface area contributed by atoms with E-state index in [0.29, 0.717) is 5.41 Å². The molecular weight excluding hydrogens is 256 g/mol. The molecule has 1 aliphatic carbocycles. The molecule has 0 radical (unpaired) electrons. The highest BCUT2D eigenvalue weighted by molar-refractivity contribution is 4.89. The minimum atomic E-state index is 0.186. The van der Waals surface area contributed by atoms with E-state index in [1.54, 1.807) is 0 Å². The van der Waals surface area contributed by atoms with Gasteiger partial charge in [0.1, 0.15) is 0 Å². The van der Waals surface area contributed by atoms with Crippen molar-refractivity contribution < 1.29 is 0 Å². The van der Waals surface area contributed by atoms with Crippen LogP contribution in [0.1, 0.15) is 90.9 Å². The summed E-state index contributed by atoms with van der Waals surface area (Å²) in [4.78, 5) is 7.63. The minimum absolute atomic E-state index is 0.186. The van der Waals surface area contributed by atoms with Gasteiger partial charge in [0.2, 0.25) is 12.1 Å². The van der Waals surface area contributed by atoms with Gasteiger partial charge in [0.15, 0.2) is 0 Å². The van der Waals surface area contributed by atoms with E-state index >= 15 is 0 Å². The maximum atomic E-state index is 7.47. The van der Waals surface area contributed by atoms with Gasteiger partial charge in [0, 0.05) is 25.7 Å². The van der Waals surface area contributed by atoms with E-state index in [1.165, 1.54) is 38.5 Å². The Hall–Kier alpha value is -1.02. The van der Waals surface area contributed by atoms with Crippen LogP contribution in [0.5, 0.6) is 0 Å². The Balaban J connectivity index is 2.31. The predicted molar refractivity (Wildman–Crippen MR) is 90.0 cm³/mol. The van der Waals surface area contributed by atoms with E-state index in [9.17, 15) is 0 Å². The lowest BCUT2D eigenvalue weighted by Gasteiger charge is -2.33. The largest absolute Gasteiger partial charge is 0.314 e. The third-order valence-electron chi connectivity index (χ3n) is 5.12. The van der Waals surface area contributed by atoms with E-state index in [1.807, 2.05) is 0 Å². The first kappa shape index (κ1) is 18.0. The molecule has 1 rings (SSSR count). The fourth-order valence-electron chi connectivity index (χ4n) is 3.69. The average molecular weight is 288 g/mol. The van der Waals surface area contributed by atoms with Crippen molar-refractivity contribution in [3.8, 4) is 0 Å². The smallest absolute Gasteiger partial charge is 0.224 e. The van der Waals surface area contributed by atoms with E-state index in [2.05, 4.69) is 23.5 Å². The summed E-state index contributed by atoms with van der Waals surface area (Å²) >= 11 is 0. The molecule has 0 heterocycles. The van der Waals surface area contributed by atoms with Crippen molar-refractivity contribution >= 4 is 0 Å². The summed E-state index contributed by atoms with van der Waals surface area (Å²) in [7, 11) is 0. The second-order valence-electron chi connectivity index (χ2n) is 7.21. The van der Waals surface area contributed by atoms with Gasteiger partial charge in [-0.25, -0.2) is 13.1 Å². The summed E-state index contributed by atoms with van der Waals surface area (Å²) in [5, 5.41) is 0. The molecule has 118 valence electrons. The van der Waals surface area contributed by atoms with Crippen molar-refractivity contribution in [2.45, 2.75) is 103 Å². The van der Waals surface area contributed by atoms with Gasteiger partial charge in [0.05, 0.1) is 0 Å². The fourth-order valence-corrected chi connectivity index (χ4v) is 3.69. The van der Waals surface area contributed by atoms with Crippen LogP contribution in [0.2, 0.25) is 0 Å². The van der Waals surface area contributed by atoms with Crippen molar-refractivity contribution in [3.63, 3.8) is 0 Å². The summed E-state index contributed by atoms with van der Waals surface area (Å²) in [6.07, 6.45) is 14.2. The van der Waals surface area contributed by atoms with Crippen LogP contribution < -0.4 is 0 Å². The van der Waals surface area contributed by atoms with Gasteiger partial charge >= 0.3 is 0 Å². The van der Waals surface area contributed by atoms with Crippen LogP contribution in [0, 0.1) is 18.6 Å². The lowest BCUT2D eigenvalue weighted by molar-refractivity contribution is 0.188. The molecule has 21 heavy (non-hydrogen) atoms. The Labute approximate surface area is 132 Å². The Morgan fingerprint density at radius 3 is 2.05 bits per heavy atom. The highest BCUT2D eigenvalue weighted by Gasteiger charge is 2.32. The molecule has 0 spiro atoms. The summed E-state index contributed by atoms with van der Waals surface area (Å²) < 4.78 is 0. The molecule has 1 fully saturated rings. The number of nitrogens with zero attached hydrogens (tertiary/aromatic N) is 2. The number of rotatable bonds is 9. The monoisotopic (exact) mass is 288 g/mol. The molecule has 0 aliphatic heterocycles. The highest BCUT2D eigenvalue weighted by Crippen LogP contribution is 2.40. The molecule has 0 aromatic heterocycles. The van der Waals surface area contributed by atoms with Gasteiger partial charge in [-0.15, -0.1) is 0 Å². The van der Waals surface area contributed by atoms with E-state index in [0.717, 1.165) is 38.5 Å². The number of hydrogen-bond donors (Lipinski definition) is 0. The Bertz CT molecular complexity index is 355. The molecule has 1 aliphatic rings. The standard InChI is InChI=1S/C19H32N2/c1-5-6-11-17(20-3)12-10-13-18(21-4)16-19(2)14-8-7-9-15-19/h17-18H,5-16H2,1-2H3. The van der Waals surface area contributed by atoms with E-state index in [4.69, 9.17) is 13.1 Å². The lowest BCUT2D eigenvalue weighted by atomic mass is 9.71. The van der Waals surface area contributed by atoms with Gasteiger partial charge in [-0.2, -0.15) is 0 Å². The van der Waals surface area contributed by atoms with Crippen molar-refractivity contribution in [3.05, 3.63) is 22.8 Å². The van der Waals surface area contributed by atoms with Crippen LogP contribution in [0.3, 0.4) is 0 Å². The lowest BCUT2D eigenvalue weighted by Crippen LogP contribution is -2.25. The molecule has 1 saturated carbocycles. The van der Waals surface area contributed by atoms with Gasteiger partial charge in [0.25, 0.3) is 0 Å². The molecule has 2 nitrogen and oxygen atoms in total. The molecule has 0 amide bonds. The number of hydrogen-bond acceptors (Lipinski definition) is 0. The molecule has 2 heteroatoms. The molecule has 0 aromatic carbocycles. The zero-order valence-corrected chi connectivity index (χ0v) is 14.0. The second kappa shape index (κ2) is 9.83. The summed E-state index contributed by atoms with van der Waals surface area (Å²) in [5.41, 5.74) is 0.412. The van der Waals surface area contributed by atoms with Crippen LogP contribution in [0.15, 0.2) is 0 Å².